The molecule has 2 spiro atoms. The molecule has 2 saturated carbocycles. The molecule has 0 saturated heterocycles. The minimum absolute atomic E-state index is 0.000523. The lowest BCUT2D eigenvalue weighted by molar-refractivity contribution is 0.0783. The van der Waals surface area contributed by atoms with Crippen molar-refractivity contribution < 1.29 is 9.59 Å². The van der Waals surface area contributed by atoms with Gasteiger partial charge in [-0.2, -0.15) is 0 Å². The van der Waals surface area contributed by atoms with Crippen molar-refractivity contribution in [3.05, 3.63) is 99.0 Å². The second kappa shape index (κ2) is 10.6. The third kappa shape index (κ3) is 4.54. The van der Waals surface area contributed by atoms with E-state index in [0.717, 1.165) is 120 Å². The summed E-state index contributed by atoms with van der Waals surface area (Å²) in [5, 5.41) is 7.06. The van der Waals surface area contributed by atoms with Crippen molar-refractivity contribution in [3.63, 3.8) is 0 Å². The maximum atomic E-state index is 12.9. The number of nitrogens with one attached hydrogen (secondary N) is 4. The Balaban J connectivity index is 0.000000127. The zero-order chi connectivity index (χ0) is 32.9. The van der Waals surface area contributed by atoms with Crippen LogP contribution in [-0.2, 0) is 38.5 Å². The monoisotopic (exact) mass is 669 g/mol. The molecule has 0 bridgehead atoms. The summed E-state index contributed by atoms with van der Waals surface area (Å²) < 4.78 is 0. The minimum atomic E-state index is -0.000523. The lowest BCUT2D eigenvalue weighted by Crippen LogP contribution is -2.58. The number of amides is 2. The van der Waals surface area contributed by atoms with E-state index < -0.39 is 0 Å². The van der Waals surface area contributed by atoms with Crippen LogP contribution in [-0.4, -0.2) is 47.8 Å². The van der Waals surface area contributed by atoms with E-state index in [1.807, 2.05) is 36.8 Å². The average Bonchev–Trinajstić information content (AvgIpc) is 3.66. The number of nitrogens with zero attached hydrogens (tertiary/aromatic N) is 3. The molecule has 10 heteroatoms. The van der Waals surface area contributed by atoms with Crippen LogP contribution >= 0.6 is 11.6 Å². The molecule has 246 valence electrons. The van der Waals surface area contributed by atoms with Crippen molar-refractivity contribution in [3.8, 4) is 33.8 Å². The molecule has 6 aliphatic rings. The van der Waals surface area contributed by atoms with E-state index in [1.54, 1.807) is 6.20 Å². The maximum Gasteiger partial charge on any atom is 0.253 e. The summed E-state index contributed by atoms with van der Waals surface area (Å²) in [6.45, 7) is 0. The van der Waals surface area contributed by atoms with Gasteiger partial charge in [-0.05, 0) is 111 Å². The van der Waals surface area contributed by atoms with E-state index in [4.69, 9.17) is 11.6 Å². The van der Waals surface area contributed by atoms with Crippen LogP contribution < -0.4 is 10.6 Å². The van der Waals surface area contributed by atoms with Crippen molar-refractivity contribution in [2.75, 3.05) is 0 Å². The fourth-order valence-corrected chi connectivity index (χ4v) is 9.30. The Labute approximate surface area is 288 Å². The smallest absolute Gasteiger partial charge is 0.253 e. The van der Waals surface area contributed by atoms with Crippen molar-refractivity contribution in [2.24, 2.45) is 0 Å². The van der Waals surface area contributed by atoms with E-state index in [9.17, 15) is 9.59 Å². The SMILES string of the molecule is O=C1NC2(CCC2)Cc2[nH]c3c(c21)CCc1cnc(-c2cccnc2)cc1-3.O=C1NC2(CCC2)Cc2[nH]c3c(c21)CCc1cnc(Cl)cc1-3. The highest BCUT2D eigenvalue weighted by atomic mass is 35.5. The molecule has 4 N–H and O–H groups in total. The molecule has 4 aliphatic carbocycles. The number of H-pyrrole nitrogens is 2. The van der Waals surface area contributed by atoms with Crippen molar-refractivity contribution in [1.29, 1.82) is 0 Å². The number of hydrogen-bond donors (Lipinski definition) is 4. The van der Waals surface area contributed by atoms with Crippen LogP contribution in [0.25, 0.3) is 33.8 Å². The summed E-state index contributed by atoms with van der Waals surface area (Å²) in [5.74, 6) is 0.209. The van der Waals surface area contributed by atoms with Crippen LogP contribution in [0.2, 0.25) is 5.15 Å². The number of aryl methyl sites for hydroxylation is 2. The second-order valence-electron chi connectivity index (χ2n) is 14.8. The molecule has 2 fully saturated rings. The van der Waals surface area contributed by atoms with Crippen molar-refractivity contribution in [1.82, 2.24) is 35.6 Å². The summed E-state index contributed by atoms with van der Waals surface area (Å²) in [7, 11) is 0. The Morgan fingerprint density at radius 3 is 1.80 bits per heavy atom. The molecule has 5 aromatic heterocycles. The number of carbonyl (C=O) groups is 2. The first-order chi connectivity index (χ1) is 23.9. The summed E-state index contributed by atoms with van der Waals surface area (Å²) in [5.41, 5.74) is 15.2. The number of aromatic nitrogens is 5. The predicted octanol–water partition coefficient (Wildman–Crippen LogP) is 6.48. The Kier molecular flexibility index (Phi) is 6.32. The summed E-state index contributed by atoms with van der Waals surface area (Å²) >= 11 is 6.07. The standard InChI is InChI=1S/C22H20N4O.C17H16ClN3O/c27-21-19-15-5-4-13-12-24-17(14-3-1-8-23-11-14)9-16(13)20(15)25-18(19)10-22(26-21)6-2-7-22;18-13-6-11-9(8-19-13)2-3-10-14-12(20-15(10)11)7-17(4-1-5-17)21-16(14)22/h1,3,8-9,11-12,25H,2,4-7,10H2,(H,26,27);6,8,20H,1-5,7H2,(H,21,22). The molecular weight excluding hydrogens is 634 g/mol. The van der Waals surface area contributed by atoms with Gasteiger partial charge in [0.25, 0.3) is 11.8 Å². The number of pyridine rings is 3. The van der Waals surface area contributed by atoms with Crippen LogP contribution in [0.1, 0.15) is 92.9 Å². The van der Waals surface area contributed by atoms with E-state index in [2.05, 4.69) is 41.6 Å². The Morgan fingerprint density at radius 2 is 1.27 bits per heavy atom. The minimum Gasteiger partial charge on any atom is -0.357 e. The van der Waals surface area contributed by atoms with Gasteiger partial charge in [-0.3, -0.25) is 19.6 Å². The van der Waals surface area contributed by atoms with Crippen LogP contribution in [0.5, 0.6) is 0 Å². The molecule has 2 amide bonds. The lowest BCUT2D eigenvalue weighted by Gasteiger charge is -2.45. The fraction of sp³-hybridized carbons (Fsp3) is 0.359. The molecule has 0 unspecified atom stereocenters. The maximum absolute atomic E-state index is 12.9. The van der Waals surface area contributed by atoms with Gasteiger partial charge >= 0.3 is 0 Å². The molecular formula is C39H36ClN7O2. The predicted molar refractivity (Wildman–Crippen MR) is 187 cm³/mol. The van der Waals surface area contributed by atoms with Crippen LogP contribution in [0.15, 0.2) is 49.1 Å². The van der Waals surface area contributed by atoms with Crippen molar-refractivity contribution in [2.45, 2.75) is 88.1 Å². The number of halogens is 1. The first-order valence-corrected chi connectivity index (χ1v) is 17.9. The van der Waals surface area contributed by atoms with E-state index in [-0.39, 0.29) is 22.9 Å². The fourth-order valence-electron chi connectivity index (χ4n) is 9.14. The summed E-state index contributed by atoms with van der Waals surface area (Å²) in [6, 6.07) is 8.01. The van der Waals surface area contributed by atoms with Crippen LogP contribution in [0.3, 0.4) is 0 Å². The number of rotatable bonds is 1. The normalized spacial score (nSPS) is 19.7. The second-order valence-corrected chi connectivity index (χ2v) is 15.2. The highest BCUT2D eigenvalue weighted by Gasteiger charge is 2.46. The molecule has 7 heterocycles. The highest BCUT2D eigenvalue weighted by molar-refractivity contribution is 6.29. The summed E-state index contributed by atoms with van der Waals surface area (Å²) in [6.07, 6.45) is 19.7. The van der Waals surface area contributed by atoms with E-state index in [1.165, 1.54) is 35.1 Å². The lowest BCUT2D eigenvalue weighted by atomic mass is 9.71. The van der Waals surface area contributed by atoms with Crippen molar-refractivity contribution >= 4 is 23.4 Å². The zero-order valence-corrected chi connectivity index (χ0v) is 27.9. The van der Waals surface area contributed by atoms with Gasteiger partial charge < -0.3 is 20.6 Å². The first-order valence-electron chi connectivity index (χ1n) is 17.5. The van der Waals surface area contributed by atoms with Gasteiger partial charge in [-0.25, -0.2) is 4.98 Å². The average molecular weight is 670 g/mol. The largest absolute Gasteiger partial charge is 0.357 e. The first kappa shape index (κ1) is 29.2. The van der Waals surface area contributed by atoms with Gasteiger partial charge in [0, 0.05) is 76.8 Å². The zero-order valence-electron chi connectivity index (χ0n) is 27.1. The highest BCUT2D eigenvalue weighted by Crippen LogP contribution is 2.45. The van der Waals surface area contributed by atoms with Gasteiger partial charge in [0.1, 0.15) is 5.15 Å². The topological polar surface area (TPSA) is 128 Å². The third-order valence-electron chi connectivity index (χ3n) is 11.9. The number of aromatic amines is 2. The quantitative estimate of drug-likeness (QED) is 0.152. The van der Waals surface area contributed by atoms with Gasteiger partial charge in [-0.1, -0.05) is 11.6 Å². The van der Waals surface area contributed by atoms with Gasteiger partial charge in [0.05, 0.1) is 28.2 Å². The molecule has 9 nitrogen and oxygen atoms in total. The molecule has 5 aromatic rings. The number of hydrogen-bond acceptors (Lipinski definition) is 5. The Bertz CT molecular complexity index is 2210. The van der Waals surface area contributed by atoms with Gasteiger partial charge in [0.2, 0.25) is 0 Å². The van der Waals surface area contributed by atoms with E-state index >= 15 is 0 Å². The molecule has 0 aromatic carbocycles. The molecule has 0 radical (unpaired) electrons. The Morgan fingerprint density at radius 1 is 0.694 bits per heavy atom. The van der Waals surface area contributed by atoms with Crippen LogP contribution in [0, 0.1) is 0 Å². The summed E-state index contributed by atoms with van der Waals surface area (Å²) in [4.78, 5) is 45.7. The van der Waals surface area contributed by atoms with E-state index in [0.29, 0.717) is 5.15 Å². The molecule has 49 heavy (non-hydrogen) atoms. The van der Waals surface area contributed by atoms with Gasteiger partial charge in [-0.15, -0.1) is 0 Å². The third-order valence-corrected chi connectivity index (χ3v) is 12.2. The number of carbonyl (C=O) groups excluding carboxylic acids is 2. The molecule has 2 aliphatic heterocycles. The van der Waals surface area contributed by atoms with Gasteiger partial charge in [0.15, 0.2) is 0 Å². The van der Waals surface area contributed by atoms with Crippen LogP contribution in [0.4, 0.5) is 0 Å². The molecule has 0 atom stereocenters. The Hall–Kier alpha value is -4.76. The number of fused-ring (bicyclic) bond motifs is 10. The molecule has 11 rings (SSSR count).